The van der Waals surface area contributed by atoms with Crippen LogP contribution in [0.2, 0.25) is 0 Å². The summed E-state index contributed by atoms with van der Waals surface area (Å²) in [5.74, 6) is 0.239. The smallest absolute Gasteiger partial charge is 0.138 e. The van der Waals surface area contributed by atoms with E-state index in [0.29, 0.717) is 0 Å². The van der Waals surface area contributed by atoms with Crippen LogP contribution in [0, 0.1) is 6.92 Å². The molecule has 2 heterocycles. The monoisotopic (exact) mass is 249 g/mol. The van der Waals surface area contributed by atoms with Gasteiger partial charge < -0.3 is 5.11 Å². The first-order valence-electron chi connectivity index (χ1n) is 4.63. The summed E-state index contributed by atoms with van der Waals surface area (Å²) in [4.78, 5) is 5.47. The summed E-state index contributed by atoms with van der Waals surface area (Å²) in [7, 11) is 0. The average molecular weight is 249 g/mol. The number of rotatable bonds is 1. The Morgan fingerprint density at radius 3 is 2.94 bits per heavy atom. The highest BCUT2D eigenvalue weighted by Crippen LogP contribution is 2.34. The summed E-state index contributed by atoms with van der Waals surface area (Å²) in [6, 6.07) is 5.21. The molecule has 0 saturated heterocycles. The summed E-state index contributed by atoms with van der Waals surface area (Å²) in [6.07, 6.45) is 0. The molecule has 0 radical (unpaired) electrons. The van der Waals surface area contributed by atoms with Gasteiger partial charge in [-0.05, 0) is 30.6 Å². The van der Waals surface area contributed by atoms with Crippen molar-refractivity contribution >= 4 is 33.1 Å². The zero-order chi connectivity index (χ0) is 11.1. The second-order valence-electron chi connectivity index (χ2n) is 3.36. The fourth-order valence-electron chi connectivity index (χ4n) is 1.44. The number of thiazole rings is 1. The van der Waals surface area contributed by atoms with Crippen LogP contribution >= 0.6 is 22.9 Å². The molecule has 0 saturated carbocycles. The molecule has 0 bridgehead atoms. The van der Waals surface area contributed by atoms with Crippen molar-refractivity contribution in [3.8, 4) is 15.6 Å². The van der Waals surface area contributed by atoms with Crippen LogP contribution in [-0.2, 0) is 0 Å². The van der Waals surface area contributed by atoms with Gasteiger partial charge in [0.1, 0.15) is 15.6 Å². The summed E-state index contributed by atoms with van der Waals surface area (Å²) in [6.45, 7) is 1.92. The van der Waals surface area contributed by atoms with Gasteiger partial charge in [-0.25, -0.2) is 4.98 Å². The molecule has 2 aromatic heterocycles. The normalized spacial score (nSPS) is 11.1. The van der Waals surface area contributed by atoms with Gasteiger partial charge in [0, 0.05) is 6.07 Å². The molecule has 0 unspecified atom stereocenters. The molecule has 1 N–H and O–H groups in total. The minimum absolute atomic E-state index is 0.239. The number of phenolic OH excluding ortho intramolecular Hbond substituents is 1. The molecular formula is C10H7N3OS2. The van der Waals surface area contributed by atoms with Crippen LogP contribution in [0.25, 0.3) is 20.1 Å². The SMILES string of the molecule is Cc1nnsc1-c1nc2cc(O)ccc2s1. The Morgan fingerprint density at radius 1 is 1.31 bits per heavy atom. The van der Waals surface area contributed by atoms with E-state index in [2.05, 4.69) is 14.6 Å². The van der Waals surface area contributed by atoms with Gasteiger partial charge in [0.15, 0.2) is 0 Å². The molecule has 4 nitrogen and oxygen atoms in total. The van der Waals surface area contributed by atoms with Gasteiger partial charge in [-0.1, -0.05) is 4.49 Å². The standard InChI is InChI=1S/C10H7N3OS2/c1-5-9(16-13-12-5)10-11-7-4-6(14)2-3-8(7)15-10/h2-4,14H,1H3. The van der Waals surface area contributed by atoms with Crippen LogP contribution in [0.15, 0.2) is 18.2 Å². The van der Waals surface area contributed by atoms with E-state index >= 15 is 0 Å². The lowest BCUT2D eigenvalue weighted by Gasteiger charge is -1.88. The summed E-state index contributed by atoms with van der Waals surface area (Å²) in [5, 5.41) is 14.2. The molecule has 6 heteroatoms. The third kappa shape index (κ3) is 1.46. The maximum atomic E-state index is 9.37. The predicted octanol–water partition coefficient (Wildman–Crippen LogP) is 2.83. The minimum Gasteiger partial charge on any atom is -0.508 e. The van der Waals surface area contributed by atoms with Crippen molar-refractivity contribution in [2.45, 2.75) is 6.92 Å². The van der Waals surface area contributed by atoms with E-state index in [1.807, 2.05) is 13.0 Å². The molecule has 0 aliphatic heterocycles. The minimum atomic E-state index is 0.239. The van der Waals surface area contributed by atoms with E-state index in [9.17, 15) is 5.11 Å². The third-order valence-electron chi connectivity index (χ3n) is 2.22. The number of nitrogens with zero attached hydrogens (tertiary/aromatic N) is 3. The molecule has 0 fully saturated rings. The number of aromatic hydroxyl groups is 1. The zero-order valence-corrected chi connectivity index (χ0v) is 9.97. The van der Waals surface area contributed by atoms with Crippen LogP contribution in [0.5, 0.6) is 5.75 Å². The Labute approximate surface area is 99.4 Å². The average Bonchev–Trinajstić information content (AvgIpc) is 2.82. The second-order valence-corrected chi connectivity index (χ2v) is 5.14. The van der Waals surface area contributed by atoms with Crippen LogP contribution in [0.4, 0.5) is 0 Å². The molecular weight excluding hydrogens is 242 g/mol. The van der Waals surface area contributed by atoms with E-state index in [0.717, 1.165) is 25.8 Å². The van der Waals surface area contributed by atoms with Crippen molar-refractivity contribution in [2.75, 3.05) is 0 Å². The molecule has 16 heavy (non-hydrogen) atoms. The fraction of sp³-hybridized carbons (Fsp3) is 0.100. The third-order valence-corrected chi connectivity index (χ3v) is 4.23. The van der Waals surface area contributed by atoms with Gasteiger partial charge in [-0.15, -0.1) is 16.4 Å². The van der Waals surface area contributed by atoms with Gasteiger partial charge >= 0.3 is 0 Å². The number of fused-ring (bicyclic) bond motifs is 1. The molecule has 0 amide bonds. The quantitative estimate of drug-likeness (QED) is 0.720. The highest BCUT2D eigenvalue weighted by atomic mass is 32.1. The Hall–Kier alpha value is -1.53. The lowest BCUT2D eigenvalue weighted by molar-refractivity contribution is 0.476. The van der Waals surface area contributed by atoms with Crippen LogP contribution in [0.3, 0.4) is 0 Å². The topological polar surface area (TPSA) is 58.9 Å². The highest BCUT2D eigenvalue weighted by Gasteiger charge is 2.12. The van der Waals surface area contributed by atoms with Crippen molar-refractivity contribution < 1.29 is 5.11 Å². The summed E-state index contributed by atoms with van der Waals surface area (Å²) < 4.78 is 4.95. The highest BCUT2D eigenvalue weighted by molar-refractivity contribution is 7.24. The fourth-order valence-corrected chi connectivity index (χ4v) is 3.16. The van der Waals surface area contributed by atoms with Gasteiger partial charge in [0.2, 0.25) is 0 Å². The van der Waals surface area contributed by atoms with Crippen molar-refractivity contribution in [3.05, 3.63) is 23.9 Å². The Bertz CT molecular complexity index is 659. The first-order valence-corrected chi connectivity index (χ1v) is 6.22. The molecule has 1 aromatic carbocycles. The van der Waals surface area contributed by atoms with E-state index < -0.39 is 0 Å². The maximum absolute atomic E-state index is 9.37. The van der Waals surface area contributed by atoms with Gasteiger partial charge in [-0.2, -0.15) is 0 Å². The van der Waals surface area contributed by atoms with Gasteiger partial charge in [0.05, 0.1) is 15.9 Å². The number of aryl methyl sites for hydroxylation is 1. The second kappa shape index (κ2) is 3.50. The number of aromatic nitrogens is 3. The van der Waals surface area contributed by atoms with Crippen molar-refractivity contribution in [3.63, 3.8) is 0 Å². The first-order chi connectivity index (χ1) is 7.74. The summed E-state index contributed by atoms with van der Waals surface area (Å²) >= 11 is 2.93. The summed E-state index contributed by atoms with van der Waals surface area (Å²) in [5.41, 5.74) is 1.71. The Morgan fingerprint density at radius 2 is 2.19 bits per heavy atom. The largest absolute Gasteiger partial charge is 0.508 e. The molecule has 0 spiro atoms. The van der Waals surface area contributed by atoms with Crippen LogP contribution in [0.1, 0.15) is 5.69 Å². The number of benzene rings is 1. The van der Waals surface area contributed by atoms with Crippen molar-refractivity contribution in [2.24, 2.45) is 0 Å². The first kappa shape index (κ1) is 9.68. The maximum Gasteiger partial charge on any atom is 0.138 e. The molecule has 0 atom stereocenters. The Balaban J connectivity index is 2.23. The molecule has 0 aliphatic rings. The predicted molar refractivity (Wildman–Crippen MR) is 64.9 cm³/mol. The van der Waals surface area contributed by atoms with Gasteiger partial charge in [0.25, 0.3) is 0 Å². The molecule has 3 rings (SSSR count). The zero-order valence-electron chi connectivity index (χ0n) is 8.34. The van der Waals surface area contributed by atoms with E-state index in [-0.39, 0.29) is 5.75 Å². The Kier molecular flexibility index (Phi) is 2.12. The number of phenols is 1. The van der Waals surface area contributed by atoms with E-state index in [4.69, 9.17) is 0 Å². The van der Waals surface area contributed by atoms with Crippen LogP contribution in [-0.4, -0.2) is 19.7 Å². The van der Waals surface area contributed by atoms with Crippen molar-refractivity contribution in [1.82, 2.24) is 14.6 Å². The lowest BCUT2D eigenvalue weighted by Crippen LogP contribution is -1.75. The molecule has 80 valence electrons. The van der Waals surface area contributed by atoms with E-state index in [1.165, 1.54) is 11.5 Å². The van der Waals surface area contributed by atoms with Crippen LogP contribution < -0.4 is 0 Å². The van der Waals surface area contributed by atoms with E-state index in [1.54, 1.807) is 23.5 Å². The lowest BCUT2D eigenvalue weighted by atomic mass is 10.3. The molecule has 0 aliphatic carbocycles. The van der Waals surface area contributed by atoms with Gasteiger partial charge in [-0.3, -0.25) is 0 Å². The molecule has 3 aromatic rings. The number of hydrogen-bond donors (Lipinski definition) is 1. The van der Waals surface area contributed by atoms with Crippen molar-refractivity contribution in [1.29, 1.82) is 0 Å². The number of hydrogen-bond acceptors (Lipinski definition) is 6.